The van der Waals surface area contributed by atoms with E-state index in [1.165, 1.54) is 32.8 Å². The van der Waals surface area contributed by atoms with Crippen LogP contribution in [0.1, 0.15) is 50.3 Å². The van der Waals surface area contributed by atoms with Crippen LogP contribution in [0.5, 0.6) is 11.5 Å². The molecule has 0 amide bonds. The Labute approximate surface area is 123 Å². The Kier molecular flexibility index (Phi) is 4.08. The molecule has 0 saturated heterocycles. The maximum atomic E-state index is 9.63. The fourth-order valence-corrected chi connectivity index (χ4v) is 2.87. The molecule has 1 aromatic carbocycles. The van der Waals surface area contributed by atoms with Crippen LogP contribution in [0.15, 0.2) is 22.7 Å². The van der Waals surface area contributed by atoms with Crippen molar-refractivity contribution in [3.63, 3.8) is 0 Å². The Morgan fingerprint density at radius 2 is 1.95 bits per heavy atom. The number of nitrogens with zero attached hydrogens (tertiary/aromatic N) is 2. The molecule has 1 aliphatic carbocycles. The van der Waals surface area contributed by atoms with Crippen molar-refractivity contribution >= 4 is 0 Å². The first-order valence-corrected chi connectivity index (χ1v) is 7.49. The average molecular weight is 288 g/mol. The fourth-order valence-electron chi connectivity index (χ4n) is 2.87. The second-order valence-electron chi connectivity index (χ2n) is 5.53. The molecule has 0 unspecified atom stereocenters. The number of aromatic nitrogens is 2. The van der Waals surface area contributed by atoms with Crippen molar-refractivity contribution in [3.05, 3.63) is 24.0 Å². The van der Waals surface area contributed by atoms with Crippen LogP contribution in [-0.4, -0.2) is 22.4 Å². The number of phenolic OH excluding ortho intramolecular Hbond substituents is 1. The molecule has 112 valence electrons. The lowest BCUT2D eigenvalue weighted by molar-refractivity contribution is 0.373. The lowest BCUT2D eigenvalue weighted by Gasteiger charge is -2.07. The molecule has 1 heterocycles. The Balaban J connectivity index is 1.84. The third-order valence-corrected chi connectivity index (χ3v) is 4.09. The summed E-state index contributed by atoms with van der Waals surface area (Å²) in [6, 6.07) is 5.03. The van der Waals surface area contributed by atoms with E-state index in [1.807, 2.05) is 0 Å². The van der Waals surface area contributed by atoms with Gasteiger partial charge >= 0.3 is 0 Å². The lowest BCUT2D eigenvalue weighted by Crippen LogP contribution is -1.99. The first-order chi connectivity index (χ1) is 10.3. The highest BCUT2D eigenvalue weighted by molar-refractivity contribution is 5.59. The summed E-state index contributed by atoms with van der Waals surface area (Å²) < 4.78 is 10.5. The molecular formula is C16H20N2O3. The molecule has 0 spiro atoms. The Morgan fingerprint density at radius 3 is 2.67 bits per heavy atom. The molecule has 5 nitrogen and oxygen atoms in total. The van der Waals surface area contributed by atoms with E-state index in [9.17, 15) is 5.11 Å². The Morgan fingerprint density at radius 1 is 1.19 bits per heavy atom. The second-order valence-corrected chi connectivity index (χ2v) is 5.53. The summed E-state index contributed by atoms with van der Waals surface area (Å²) in [4.78, 5) is 4.54. The highest BCUT2D eigenvalue weighted by Gasteiger charge is 2.20. The van der Waals surface area contributed by atoms with Crippen molar-refractivity contribution < 1.29 is 14.4 Å². The van der Waals surface area contributed by atoms with Gasteiger partial charge in [-0.15, -0.1) is 0 Å². The molecule has 2 aromatic rings. The minimum absolute atomic E-state index is 0.102. The number of hydrogen-bond acceptors (Lipinski definition) is 5. The van der Waals surface area contributed by atoms with Gasteiger partial charge in [0.1, 0.15) is 0 Å². The molecular weight excluding hydrogens is 268 g/mol. The van der Waals surface area contributed by atoms with Crippen LogP contribution in [0, 0.1) is 0 Å². The van der Waals surface area contributed by atoms with E-state index in [0.29, 0.717) is 17.6 Å². The van der Waals surface area contributed by atoms with Crippen molar-refractivity contribution in [1.29, 1.82) is 0 Å². The summed E-state index contributed by atoms with van der Waals surface area (Å²) in [5.41, 5.74) is 0.761. The number of hydrogen-bond donors (Lipinski definition) is 1. The number of aromatic hydroxyl groups is 1. The minimum atomic E-state index is 0.102. The van der Waals surface area contributed by atoms with Gasteiger partial charge in [0.2, 0.25) is 0 Å². The van der Waals surface area contributed by atoms with Crippen molar-refractivity contribution in [2.75, 3.05) is 7.11 Å². The normalized spacial score (nSPS) is 16.6. The zero-order chi connectivity index (χ0) is 14.7. The predicted molar refractivity (Wildman–Crippen MR) is 78.4 cm³/mol. The molecule has 1 N–H and O–H groups in total. The molecule has 21 heavy (non-hydrogen) atoms. The van der Waals surface area contributed by atoms with Crippen LogP contribution in [0.2, 0.25) is 0 Å². The molecule has 1 saturated carbocycles. The van der Waals surface area contributed by atoms with Gasteiger partial charge in [0, 0.05) is 11.5 Å². The fraction of sp³-hybridized carbons (Fsp3) is 0.500. The topological polar surface area (TPSA) is 68.4 Å². The van der Waals surface area contributed by atoms with E-state index in [1.54, 1.807) is 18.2 Å². The predicted octanol–water partition coefficient (Wildman–Crippen LogP) is 3.89. The van der Waals surface area contributed by atoms with Crippen LogP contribution in [0.25, 0.3) is 11.5 Å². The number of methoxy groups -OCH3 is 1. The average Bonchev–Trinajstić information content (AvgIpc) is 2.83. The zero-order valence-corrected chi connectivity index (χ0v) is 12.2. The molecule has 0 radical (unpaired) electrons. The highest BCUT2D eigenvalue weighted by Crippen LogP contribution is 2.33. The van der Waals surface area contributed by atoms with Gasteiger partial charge in [-0.3, -0.25) is 0 Å². The van der Waals surface area contributed by atoms with Gasteiger partial charge in [0.05, 0.1) is 7.11 Å². The van der Waals surface area contributed by atoms with Crippen molar-refractivity contribution in [2.45, 2.75) is 44.4 Å². The molecule has 0 bridgehead atoms. The summed E-state index contributed by atoms with van der Waals surface area (Å²) in [6.07, 6.45) is 7.35. The van der Waals surface area contributed by atoms with Gasteiger partial charge in [-0.2, -0.15) is 4.98 Å². The van der Waals surface area contributed by atoms with E-state index in [0.717, 1.165) is 24.2 Å². The lowest BCUT2D eigenvalue weighted by atomic mass is 10.00. The monoisotopic (exact) mass is 288 g/mol. The van der Waals surface area contributed by atoms with Crippen molar-refractivity contribution in [3.8, 4) is 23.0 Å². The Hall–Kier alpha value is -2.04. The van der Waals surface area contributed by atoms with Crippen molar-refractivity contribution in [2.24, 2.45) is 0 Å². The number of phenols is 1. The molecule has 0 aliphatic heterocycles. The third-order valence-electron chi connectivity index (χ3n) is 4.09. The van der Waals surface area contributed by atoms with E-state index >= 15 is 0 Å². The van der Waals surface area contributed by atoms with Gasteiger partial charge in [0.15, 0.2) is 17.3 Å². The summed E-state index contributed by atoms with van der Waals surface area (Å²) in [7, 11) is 1.52. The van der Waals surface area contributed by atoms with E-state index < -0.39 is 0 Å². The Bertz CT molecular complexity index is 601. The first kappa shape index (κ1) is 13.9. The highest BCUT2D eigenvalue weighted by atomic mass is 16.5. The number of benzene rings is 1. The molecule has 0 atom stereocenters. The second kappa shape index (κ2) is 6.16. The molecule has 3 rings (SSSR count). The van der Waals surface area contributed by atoms with Crippen LogP contribution in [0.4, 0.5) is 0 Å². The van der Waals surface area contributed by atoms with Gasteiger partial charge < -0.3 is 14.4 Å². The van der Waals surface area contributed by atoms with E-state index in [4.69, 9.17) is 9.26 Å². The van der Waals surface area contributed by atoms with Gasteiger partial charge in [-0.1, -0.05) is 30.8 Å². The zero-order valence-electron chi connectivity index (χ0n) is 12.2. The number of ether oxygens (including phenoxy) is 1. The standard InChI is InChI=1S/C16H20N2O3/c1-20-14-10-12(8-9-13(14)19)16-17-15(18-21-16)11-6-4-2-3-5-7-11/h8-11,19H,2-7H2,1H3. The molecule has 1 fully saturated rings. The maximum Gasteiger partial charge on any atom is 0.258 e. The van der Waals surface area contributed by atoms with Crippen LogP contribution >= 0.6 is 0 Å². The molecule has 1 aromatic heterocycles. The maximum absolute atomic E-state index is 9.63. The number of rotatable bonds is 3. The minimum Gasteiger partial charge on any atom is -0.504 e. The van der Waals surface area contributed by atoms with Crippen LogP contribution in [-0.2, 0) is 0 Å². The SMILES string of the molecule is COc1cc(-c2nc(C3CCCCCC3)no2)ccc1O. The van der Waals surface area contributed by atoms with Gasteiger partial charge in [-0.05, 0) is 31.0 Å². The largest absolute Gasteiger partial charge is 0.504 e. The van der Waals surface area contributed by atoms with E-state index in [-0.39, 0.29) is 5.75 Å². The summed E-state index contributed by atoms with van der Waals surface area (Å²) in [5, 5.41) is 13.8. The van der Waals surface area contributed by atoms with Crippen molar-refractivity contribution in [1.82, 2.24) is 10.1 Å². The van der Waals surface area contributed by atoms with E-state index in [2.05, 4.69) is 10.1 Å². The molecule has 1 aliphatic rings. The first-order valence-electron chi connectivity index (χ1n) is 7.49. The summed E-state index contributed by atoms with van der Waals surface area (Å²) >= 11 is 0. The molecule has 5 heteroatoms. The van der Waals surface area contributed by atoms with Crippen LogP contribution < -0.4 is 4.74 Å². The summed E-state index contributed by atoms with van der Waals surface area (Å²) in [5.74, 6) is 2.20. The quantitative estimate of drug-likeness (QED) is 0.868. The smallest absolute Gasteiger partial charge is 0.258 e. The van der Waals surface area contributed by atoms with Crippen LogP contribution in [0.3, 0.4) is 0 Å². The summed E-state index contributed by atoms with van der Waals surface area (Å²) in [6.45, 7) is 0. The van der Waals surface area contributed by atoms with Gasteiger partial charge in [0.25, 0.3) is 5.89 Å². The third kappa shape index (κ3) is 3.01. The van der Waals surface area contributed by atoms with Gasteiger partial charge in [-0.25, -0.2) is 0 Å².